The second-order valence-corrected chi connectivity index (χ2v) is 4.95. The van der Waals surface area contributed by atoms with Gasteiger partial charge in [0.15, 0.2) is 17.2 Å². The molecule has 0 aliphatic carbocycles. The highest BCUT2D eigenvalue weighted by Crippen LogP contribution is 2.22. The number of hydrogen-bond donors (Lipinski definition) is 3. The molecule has 0 fully saturated rings. The molecule has 5 N–H and O–H groups in total. The molecular weight excluding hydrogens is 296 g/mol. The zero-order valence-electron chi connectivity index (χ0n) is 14.0. The molecule has 0 unspecified atom stereocenters. The lowest BCUT2D eigenvalue weighted by molar-refractivity contribution is -0.144. The summed E-state index contributed by atoms with van der Waals surface area (Å²) in [6, 6.07) is 10.8. The fourth-order valence-corrected chi connectivity index (χ4v) is 2.08. The topological polar surface area (TPSA) is 123 Å². The molecule has 0 bridgehead atoms. The molecule has 2 aromatic carbocycles. The van der Waals surface area contributed by atoms with Gasteiger partial charge in [0, 0.05) is 11.1 Å². The van der Waals surface area contributed by atoms with Crippen molar-refractivity contribution in [2.45, 2.75) is 5.66 Å². The molecule has 6 heteroatoms. The van der Waals surface area contributed by atoms with Gasteiger partial charge in [-0.1, -0.05) is 60.6 Å². The fourth-order valence-electron chi connectivity index (χ4n) is 2.08. The van der Waals surface area contributed by atoms with E-state index in [-0.39, 0.29) is 23.2 Å². The van der Waals surface area contributed by atoms with E-state index in [9.17, 15) is 19.5 Å². The first kappa shape index (κ1) is 13.8. The maximum absolute atomic E-state index is 12.8. The van der Waals surface area contributed by atoms with Crippen molar-refractivity contribution in [3.8, 4) is 0 Å². The molecule has 2 aromatic rings. The van der Waals surface area contributed by atoms with Crippen LogP contribution in [0.25, 0.3) is 0 Å². The van der Waals surface area contributed by atoms with E-state index in [0.29, 0.717) is 0 Å². The minimum atomic E-state index is -2.70. The van der Waals surface area contributed by atoms with Crippen molar-refractivity contribution in [1.29, 1.82) is 0 Å². The van der Waals surface area contributed by atoms with Gasteiger partial charge in [0.25, 0.3) is 0 Å². The van der Waals surface area contributed by atoms with Crippen LogP contribution in [0.5, 0.6) is 0 Å². The molecule has 23 heavy (non-hydrogen) atoms. The highest BCUT2D eigenvalue weighted by molar-refractivity contribution is 6.19. The quantitative estimate of drug-likeness (QED) is 0.416. The average Bonchev–Trinajstić information content (AvgIpc) is 2.55. The summed E-state index contributed by atoms with van der Waals surface area (Å²) in [6.07, 6.45) is 0. The molecular formula is C17H16N2O4. The van der Waals surface area contributed by atoms with Gasteiger partial charge in [-0.3, -0.25) is 9.59 Å². The summed E-state index contributed by atoms with van der Waals surface area (Å²) in [6.45, 7) is 0. The van der Waals surface area contributed by atoms with Crippen molar-refractivity contribution in [1.82, 2.24) is 0 Å². The third-order valence-corrected chi connectivity index (χ3v) is 3.32. The van der Waals surface area contributed by atoms with Crippen LogP contribution in [0.4, 0.5) is 0 Å². The van der Waals surface area contributed by atoms with Crippen molar-refractivity contribution in [3.05, 3.63) is 71.7 Å². The van der Waals surface area contributed by atoms with Gasteiger partial charge in [-0.25, -0.2) is 4.79 Å². The molecule has 0 radical (unpaired) electrons. The zero-order chi connectivity index (χ0) is 18.8. The normalized spacial score (nSPS) is 12.5. The molecule has 0 aromatic heterocycles. The van der Waals surface area contributed by atoms with Gasteiger partial charge in [-0.05, 0) is 0 Å². The van der Waals surface area contributed by atoms with Crippen molar-refractivity contribution in [2.24, 2.45) is 17.4 Å². The molecule has 0 aliphatic rings. The van der Waals surface area contributed by atoms with Crippen LogP contribution >= 0.6 is 0 Å². The number of carboxylic acids is 1. The zero-order valence-corrected chi connectivity index (χ0v) is 12.0. The van der Waals surface area contributed by atoms with Crippen molar-refractivity contribution >= 4 is 17.5 Å². The Labute approximate surface area is 135 Å². The van der Waals surface area contributed by atoms with E-state index in [1.165, 1.54) is 48.5 Å². The maximum Gasteiger partial charge on any atom is 0.339 e. The van der Waals surface area contributed by atoms with Crippen LogP contribution in [-0.2, 0) is 4.79 Å². The van der Waals surface area contributed by atoms with Crippen LogP contribution in [0, 0.1) is 5.92 Å². The summed E-state index contributed by atoms with van der Waals surface area (Å²) in [5.41, 5.74) is 8.14. The lowest BCUT2D eigenvalue weighted by Gasteiger charge is -2.27. The van der Waals surface area contributed by atoms with Crippen LogP contribution in [0.3, 0.4) is 0 Å². The first-order valence-corrected chi connectivity index (χ1v) is 6.68. The minimum Gasteiger partial charge on any atom is -0.479 e. The van der Waals surface area contributed by atoms with Gasteiger partial charge in [0.2, 0.25) is 0 Å². The molecule has 118 valence electrons. The number of carbonyl (C=O) groups excluding carboxylic acids is 2. The van der Waals surface area contributed by atoms with E-state index in [0.717, 1.165) is 0 Å². The Bertz CT molecular complexity index is 795. The first-order valence-electron chi connectivity index (χ1n) is 7.68. The molecule has 0 spiro atoms. The largest absolute Gasteiger partial charge is 0.479 e. The van der Waals surface area contributed by atoms with Crippen LogP contribution in [-0.4, -0.2) is 28.3 Å². The predicted octanol–water partition coefficient (Wildman–Crippen LogP) is 1.07. The molecule has 0 saturated carbocycles. The first-order chi connectivity index (χ1) is 11.7. The van der Waals surface area contributed by atoms with E-state index in [4.69, 9.17) is 14.2 Å². The number of ketones is 2. The molecule has 0 aliphatic heterocycles. The molecule has 0 heterocycles. The van der Waals surface area contributed by atoms with Crippen LogP contribution in [0.2, 0.25) is 0 Å². The number of carbonyl (C=O) groups is 3. The number of aliphatic carboxylic acids is 1. The Morgan fingerprint density at radius 1 is 0.913 bits per heavy atom. The van der Waals surface area contributed by atoms with Crippen LogP contribution in [0.15, 0.2) is 60.6 Å². The lowest BCUT2D eigenvalue weighted by Crippen LogP contribution is -2.65. The second-order valence-electron chi connectivity index (χ2n) is 4.95. The Morgan fingerprint density at radius 2 is 1.35 bits per heavy atom. The van der Waals surface area contributed by atoms with Crippen LogP contribution in [0.1, 0.15) is 23.5 Å². The van der Waals surface area contributed by atoms with Gasteiger partial charge in [0.05, 0.1) is 2.74 Å². The van der Waals surface area contributed by atoms with Gasteiger partial charge in [-0.2, -0.15) is 0 Å². The van der Waals surface area contributed by atoms with Gasteiger partial charge >= 0.3 is 5.97 Å². The summed E-state index contributed by atoms with van der Waals surface area (Å²) in [5.74, 6) is -5.69. The van der Waals surface area contributed by atoms with Crippen molar-refractivity contribution < 1.29 is 22.2 Å². The van der Waals surface area contributed by atoms with E-state index in [2.05, 4.69) is 0 Å². The van der Waals surface area contributed by atoms with Gasteiger partial charge in [0.1, 0.15) is 5.92 Å². The SMILES string of the molecule is [2H]c1ccccc1C(=O)C(C(=O)c1ccccc1[2H])C(N)(N)C(=O)O. The summed E-state index contributed by atoms with van der Waals surface area (Å²) in [5, 5.41) is 9.29. The number of hydrogen-bond acceptors (Lipinski definition) is 5. The number of rotatable bonds is 6. The number of Topliss-reactive ketones (excluding diaryl/α,β-unsaturated/α-hetero) is 2. The molecule has 0 amide bonds. The summed E-state index contributed by atoms with van der Waals surface area (Å²) in [7, 11) is 0. The molecule has 2 rings (SSSR count). The maximum atomic E-state index is 12.8. The summed E-state index contributed by atoms with van der Waals surface area (Å²) >= 11 is 0. The Hall–Kier alpha value is -2.83. The van der Waals surface area contributed by atoms with Gasteiger partial charge in [-0.15, -0.1) is 0 Å². The van der Waals surface area contributed by atoms with E-state index < -0.39 is 29.1 Å². The summed E-state index contributed by atoms with van der Waals surface area (Å²) in [4.78, 5) is 37.1. The molecule has 0 atom stereocenters. The standard InChI is InChI=1S/C17H16N2O4/c18-17(19,16(22)23)13(14(20)11-7-3-1-4-8-11)15(21)12-9-5-2-6-10-12/h1-10,13H,18-19H2,(H,22,23)/i7D,9D. The Kier molecular flexibility index (Phi) is 3.91. The second kappa shape index (κ2) is 6.51. The van der Waals surface area contributed by atoms with Crippen LogP contribution < -0.4 is 11.5 Å². The number of carboxylic acid groups (broad SMARTS) is 1. The van der Waals surface area contributed by atoms with E-state index in [1.807, 2.05) is 0 Å². The van der Waals surface area contributed by atoms with E-state index >= 15 is 0 Å². The van der Waals surface area contributed by atoms with Crippen molar-refractivity contribution in [3.63, 3.8) is 0 Å². The average molecular weight is 314 g/mol. The Balaban J connectivity index is 2.61. The Morgan fingerprint density at radius 3 is 1.70 bits per heavy atom. The highest BCUT2D eigenvalue weighted by Gasteiger charge is 2.48. The summed E-state index contributed by atoms with van der Waals surface area (Å²) < 4.78 is 15.6. The highest BCUT2D eigenvalue weighted by atomic mass is 16.4. The lowest BCUT2D eigenvalue weighted by atomic mass is 9.81. The number of nitrogens with two attached hydrogens (primary N) is 2. The molecule has 6 nitrogen and oxygen atoms in total. The fraction of sp³-hybridized carbons (Fsp3) is 0.118. The molecule has 0 saturated heterocycles. The third-order valence-electron chi connectivity index (χ3n) is 3.32. The van der Waals surface area contributed by atoms with Gasteiger partial charge < -0.3 is 16.6 Å². The monoisotopic (exact) mass is 314 g/mol. The van der Waals surface area contributed by atoms with E-state index in [1.54, 1.807) is 0 Å². The minimum absolute atomic E-state index is 0.176. The number of benzene rings is 2. The van der Waals surface area contributed by atoms with Crippen molar-refractivity contribution in [2.75, 3.05) is 0 Å². The smallest absolute Gasteiger partial charge is 0.339 e. The predicted molar refractivity (Wildman–Crippen MR) is 83.8 cm³/mol. The third kappa shape index (κ3) is 3.33.